The summed E-state index contributed by atoms with van der Waals surface area (Å²) in [5.74, 6) is 0.492. The van der Waals surface area contributed by atoms with Crippen molar-refractivity contribution in [2.24, 2.45) is 29.2 Å². The summed E-state index contributed by atoms with van der Waals surface area (Å²) >= 11 is 0. The van der Waals surface area contributed by atoms with Gasteiger partial charge in [0.15, 0.2) is 0 Å². The molecule has 4 atom stereocenters. The third kappa shape index (κ3) is 6.00. The number of hydrogen-bond acceptors (Lipinski definition) is 5. The third-order valence-electron chi connectivity index (χ3n) is 9.11. The number of ketones is 1. The van der Waals surface area contributed by atoms with E-state index in [1.54, 1.807) is 12.1 Å². The van der Waals surface area contributed by atoms with E-state index in [0.717, 1.165) is 37.2 Å². The number of hydrogen-bond donors (Lipinski definition) is 3. The van der Waals surface area contributed by atoms with Crippen LogP contribution in [-0.2, 0) is 23.2 Å². The number of rotatable bonds is 9. The number of nitrogens with one attached hydrogen (secondary N) is 1. The molecule has 0 radical (unpaired) electrons. The first kappa shape index (κ1) is 28.0. The fourth-order valence-corrected chi connectivity index (χ4v) is 6.08. The Morgan fingerprint density at radius 2 is 1.76 bits per heavy atom. The number of nitrogens with zero attached hydrogens (tertiary/aromatic N) is 1. The zero-order valence-corrected chi connectivity index (χ0v) is 23.1. The lowest BCUT2D eigenvalue weighted by molar-refractivity contribution is -0.122. The number of primary amides is 2. The third-order valence-corrected chi connectivity index (χ3v) is 9.11. The van der Waals surface area contributed by atoms with Gasteiger partial charge in [0.05, 0.1) is 6.04 Å². The quantitative estimate of drug-likeness (QED) is 0.470. The topological polar surface area (TPSA) is 119 Å². The molecule has 38 heavy (non-hydrogen) atoms. The Morgan fingerprint density at radius 1 is 1.05 bits per heavy atom. The van der Waals surface area contributed by atoms with E-state index >= 15 is 0 Å². The molecule has 0 aromatic heterocycles. The zero-order valence-electron chi connectivity index (χ0n) is 23.1. The summed E-state index contributed by atoms with van der Waals surface area (Å²) in [5, 5.41) is 3.39. The molecular formula is C31H42N4O3. The maximum Gasteiger partial charge on any atom is 0.248 e. The van der Waals surface area contributed by atoms with Gasteiger partial charge in [0.2, 0.25) is 11.8 Å². The molecule has 204 valence electrons. The number of carbonyl (C=O) groups is 3. The predicted octanol–water partition coefficient (Wildman–Crippen LogP) is 3.43. The molecule has 0 aliphatic carbocycles. The van der Waals surface area contributed by atoms with Gasteiger partial charge in [0, 0.05) is 37.2 Å². The predicted molar refractivity (Wildman–Crippen MR) is 150 cm³/mol. The Kier molecular flexibility index (Phi) is 8.38. The maximum absolute atomic E-state index is 13.4. The SMILES string of the molecule is CC(C)[C@H](CC(=O)[C@H]1Cc2ccc(C(N)=O)cc2CN1)CN1CC[C@@](C)(c2cccc(C(N)=O)c2)[C@@H](C)C1. The minimum atomic E-state index is -0.433. The molecule has 2 aliphatic heterocycles. The van der Waals surface area contributed by atoms with Crippen molar-refractivity contribution in [1.29, 1.82) is 0 Å². The van der Waals surface area contributed by atoms with Gasteiger partial charge < -0.3 is 21.7 Å². The summed E-state index contributed by atoms with van der Waals surface area (Å²) in [4.78, 5) is 39.1. The van der Waals surface area contributed by atoms with Gasteiger partial charge in [-0.25, -0.2) is 0 Å². The zero-order chi connectivity index (χ0) is 27.6. The van der Waals surface area contributed by atoms with Crippen molar-refractivity contribution in [3.05, 3.63) is 70.3 Å². The van der Waals surface area contributed by atoms with Crippen LogP contribution in [0.4, 0.5) is 0 Å². The van der Waals surface area contributed by atoms with Gasteiger partial charge in [-0.2, -0.15) is 0 Å². The van der Waals surface area contributed by atoms with Gasteiger partial charge in [0.25, 0.3) is 0 Å². The number of Topliss-reactive ketones (excluding diaryl/α,β-unsaturated/α-hetero) is 1. The number of nitrogens with two attached hydrogens (primary N) is 2. The highest BCUT2D eigenvalue weighted by Crippen LogP contribution is 2.40. The van der Waals surface area contributed by atoms with Gasteiger partial charge in [-0.3, -0.25) is 14.4 Å². The van der Waals surface area contributed by atoms with Crippen LogP contribution in [0.2, 0.25) is 0 Å². The van der Waals surface area contributed by atoms with Crippen LogP contribution < -0.4 is 16.8 Å². The molecule has 2 heterocycles. The van der Waals surface area contributed by atoms with E-state index in [0.29, 0.717) is 42.3 Å². The Hall–Kier alpha value is -3.03. The summed E-state index contributed by atoms with van der Waals surface area (Å²) in [5.41, 5.74) is 15.3. The number of likely N-dealkylation sites (tertiary alicyclic amines) is 1. The summed E-state index contributed by atoms with van der Waals surface area (Å²) in [6.07, 6.45) is 2.18. The normalized spacial score (nSPS) is 24.6. The molecule has 7 nitrogen and oxygen atoms in total. The largest absolute Gasteiger partial charge is 0.366 e. The number of carbonyl (C=O) groups excluding carboxylic acids is 3. The van der Waals surface area contributed by atoms with Gasteiger partial charge in [0.1, 0.15) is 5.78 Å². The molecule has 5 N–H and O–H groups in total. The van der Waals surface area contributed by atoms with Gasteiger partial charge in [-0.1, -0.05) is 45.9 Å². The van der Waals surface area contributed by atoms with Crippen molar-refractivity contribution in [3.63, 3.8) is 0 Å². The smallest absolute Gasteiger partial charge is 0.248 e. The van der Waals surface area contributed by atoms with E-state index in [4.69, 9.17) is 11.5 Å². The van der Waals surface area contributed by atoms with Crippen LogP contribution in [-0.4, -0.2) is 48.2 Å². The average molecular weight is 519 g/mol. The van der Waals surface area contributed by atoms with E-state index in [2.05, 4.69) is 44.0 Å². The Bertz CT molecular complexity index is 1210. The van der Waals surface area contributed by atoms with E-state index in [1.807, 2.05) is 24.3 Å². The minimum absolute atomic E-state index is 0.0289. The molecule has 4 rings (SSSR count). The molecule has 7 heteroatoms. The van der Waals surface area contributed by atoms with Crippen LogP contribution >= 0.6 is 0 Å². The van der Waals surface area contributed by atoms with E-state index in [1.165, 1.54) is 5.56 Å². The van der Waals surface area contributed by atoms with Crippen LogP contribution in [0, 0.1) is 17.8 Å². The van der Waals surface area contributed by atoms with Gasteiger partial charge >= 0.3 is 0 Å². The van der Waals surface area contributed by atoms with Gasteiger partial charge in [-0.15, -0.1) is 0 Å². The monoisotopic (exact) mass is 518 g/mol. The fraction of sp³-hybridized carbons (Fsp3) is 0.516. The lowest BCUT2D eigenvalue weighted by atomic mass is 9.67. The first-order valence-electron chi connectivity index (χ1n) is 13.8. The Morgan fingerprint density at radius 3 is 2.42 bits per heavy atom. The lowest BCUT2D eigenvalue weighted by Crippen LogP contribution is -2.49. The Labute approximate surface area is 226 Å². The van der Waals surface area contributed by atoms with Crippen LogP contribution in [0.5, 0.6) is 0 Å². The van der Waals surface area contributed by atoms with Crippen molar-refractivity contribution in [2.45, 2.75) is 65.0 Å². The standard InChI is InChI=1S/C31H42N4O3/c1-19(2)25(15-28(36)27-14-21-8-9-23(30(33)38)12-24(21)16-34-27)18-35-11-10-31(4,20(3)17-35)26-7-5-6-22(13-26)29(32)37/h5-9,12-13,19-20,25,27,34H,10-11,14-18H2,1-4H3,(H2,32,37)(H2,33,38)/t20-,25+,27+,31+/m0/s1. The Balaban J connectivity index is 1.37. The summed E-state index contributed by atoms with van der Waals surface area (Å²) in [6, 6.07) is 13.1. The number of piperidine rings is 1. The summed E-state index contributed by atoms with van der Waals surface area (Å²) in [6.45, 7) is 12.4. The molecule has 0 bridgehead atoms. The van der Waals surface area contributed by atoms with Crippen molar-refractivity contribution in [2.75, 3.05) is 19.6 Å². The minimum Gasteiger partial charge on any atom is -0.366 e. The van der Waals surface area contributed by atoms with E-state index in [9.17, 15) is 14.4 Å². The molecule has 1 fully saturated rings. The molecule has 2 aliphatic rings. The molecule has 1 saturated heterocycles. The van der Waals surface area contributed by atoms with E-state index in [-0.39, 0.29) is 23.2 Å². The van der Waals surface area contributed by atoms with Crippen LogP contribution in [0.15, 0.2) is 42.5 Å². The van der Waals surface area contributed by atoms with Crippen LogP contribution in [0.25, 0.3) is 0 Å². The van der Waals surface area contributed by atoms with Crippen LogP contribution in [0.1, 0.15) is 77.9 Å². The fourth-order valence-electron chi connectivity index (χ4n) is 6.08. The second-order valence-corrected chi connectivity index (χ2v) is 11.9. The van der Waals surface area contributed by atoms with Crippen molar-refractivity contribution >= 4 is 17.6 Å². The second kappa shape index (κ2) is 11.4. The molecule has 0 spiro atoms. The van der Waals surface area contributed by atoms with Crippen molar-refractivity contribution < 1.29 is 14.4 Å². The van der Waals surface area contributed by atoms with Gasteiger partial charge in [-0.05, 0) is 83.5 Å². The molecule has 2 aromatic rings. The number of fused-ring (bicyclic) bond motifs is 1. The molecule has 0 saturated carbocycles. The second-order valence-electron chi connectivity index (χ2n) is 11.9. The number of benzene rings is 2. The highest BCUT2D eigenvalue weighted by molar-refractivity contribution is 5.93. The maximum atomic E-state index is 13.4. The highest BCUT2D eigenvalue weighted by atomic mass is 16.1. The molecule has 0 unspecified atom stereocenters. The molecule has 2 aromatic carbocycles. The first-order chi connectivity index (χ1) is 18.0. The summed E-state index contributed by atoms with van der Waals surface area (Å²) < 4.78 is 0. The molecule has 2 amide bonds. The average Bonchev–Trinajstić information content (AvgIpc) is 2.89. The highest BCUT2D eigenvalue weighted by Gasteiger charge is 2.39. The van der Waals surface area contributed by atoms with Crippen molar-refractivity contribution in [3.8, 4) is 0 Å². The van der Waals surface area contributed by atoms with E-state index < -0.39 is 11.8 Å². The lowest BCUT2D eigenvalue weighted by Gasteiger charge is -2.46. The first-order valence-corrected chi connectivity index (χ1v) is 13.8. The number of amides is 2. The molecular weight excluding hydrogens is 476 g/mol. The van der Waals surface area contributed by atoms with Crippen LogP contribution in [0.3, 0.4) is 0 Å². The van der Waals surface area contributed by atoms with Crippen molar-refractivity contribution in [1.82, 2.24) is 10.2 Å². The summed E-state index contributed by atoms with van der Waals surface area (Å²) in [7, 11) is 0.